The van der Waals surface area contributed by atoms with Crippen LogP contribution in [-0.4, -0.2) is 25.3 Å². The zero-order valence-electron chi connectivity index (χ0n) is 9.06. The molecule has 2 aromatic rings. The molecule has 0 saturated heterocycles. The average Bonchev–Trinajstić information content (AvgIpc) is 2.64. The van der Waals surface area contributed by atoms with Gasteiger partial charge in [0.05, 0.1) is 12.3 Å². The number of hydrogen-bond acceptors (Lipinski definition) is 5. The Hall–Kier alpha value is -1.95. The van der Waals surface area contributed by atoms with E-state index >= 15 is 0 Å². The fourth-order valence-electron chi connectivity index (χ4n) is 1.21. The van der Waals surface area contributed by atoms with Gasteiger partial charge in [-0.15, -0.1) is 5.10 Å². The number of H-pyrrole nitrogens is 1. The fourth-order valence-corrected chi connectivity index (χ4v) is 1.21. The first kappa shape index (κ1) is 10.6. The molecule has 6 nitrogen and oxygen atoms in total. The van der Waals surface area contributed by atoms with Gasteiger partial charge >= 0.3 is 6.01 Å². The molecule has 0 radical (unpaired) electrons. The van der Waals surface area contributed by atoms with Crippen LogP contribution in [0.25, 0.3) is 0 Å². The highest BCUT2D eigenvalue weighted by molar-refractivity contribution is 5.20. The van der Waals surface area contributed by atoms with Gasteiger partial charge in [0.2, 0.25) is 5.88 Å². The number of aryl methyl sites for hydroxylation is 2. The predicted molar refractivity (Wildman–Crippen MR) is 56.1 cm³/mol. The third-order valence-corrected chi connectivity index (χ3v) is 2.11. The van der Waals surface area contributed by atoms with Crippen molar-refractivity contribution in [1.29, 1.82) is 0 Å². The SMILES string of the molecule is Cc1cc(Oc2ncc(CO)c(C)n2)n[nH]1. The van der Waals surface area contributed by atoms with Crippen LogP contribution in [0, 0.1) is 13.8 Å². The molecule has 0 spiro atoms. The van der Waals surface area contributed by atoms with Gasteiger partial charge in [0.25, 0.3) is 0 Å². The van der Waals surface area contributed by atoms with Crippen LogP contribution in [-0.2, 0) is 6.61 Å². The number of hydrogen-bond donors (Lipinski definition) is 2. The van der Waals surface area contributed by atoms with Gasteiger partial charge in [-0.2, -0.15) is 4.98 Å². The number of aromatic amines is 1. The fraction of sp³-hybridized carbons (Fsp3) is 0.300. The van der Waals surface area contributed by atoms with Crippen LogP contribution >= 0.6 is 0 Å². The van der Waals surface area contributed by atoms with Gasteiger partial charge < -0.3 is 9.84 Å². The van der Waals surface area contributed by atoms with Crippen LogP contribution in [0.5, 0.6) is 11.9 Å². The summed E-state index contributed by atoms with van der Waals surface area (Å²) in [5.74, 6) is 0.425. The third-order valence-electron chi connectivity index (χ3n) is 2.11. The summed E-state index contributed by atoms with van der Waals surface area (Å²) >= 11 is 0. The van der Waals surface area contributed by atoms with Crippen molar-refractivity contribution in [2.24, 2.45) is 0 Å². The van der Waals surface area contributed by atoms with Gasteiger partial charge in [-0.25, -0.2) is 4.98 Å². The van der Waals surface area contributed by atoms with E-state index in [1.54, 1.807) is 13.0 Å². The summed E-state index contributed by atoms with van der Waals surface area (Å²) < 4.78 is 5.33. The van der Waals surface area contributed by atoms with E-state index < -0.39 is 0 Å². The smallest absolute Gasteiger partial charge is 0.323 e. The van der Waals surface area contributed by atoms with Crippen molar-refractivity contribution in [3.05, 3.63) is 29.2 Å². The maximum Gasteiger partial charge on any atom is 0.323 e. The molecule has 0 aromatic carbocycles. The number of nitrogens with one attached hydrogen (secondary N) is 1. The lowest BCUT2D eigenvalue weighted by Crippen LogP contribution is -1.98. The topological polar surface area (TPSA) is 83.9 Å². The summed E-state index contributed by atoms with van der Waals surface area (Å²) in [4.78, 5) is 8.07. The molecule has 0 aliphatic heterocycles. The van der Waals surface area contributed by atoms with E-state index in [4.69, 9.17) is 9.84 Å². The summed E-state index contributed by atoms with van der Waals surface area (Å²) in [6.45, 7) is 3.59. The molecule has 0 bridgehead atoms. The largest absolute Gasteiger partial charge is 0.404 e. The van der Waals surface area contributed by atoms with Crippen LogP contribution in [0.15, 0.2) is 12.3 Å². The molecule has 6 heteroatoms. The van der Waals surface area contributed by atoms with E-state index in [1.165, 1.54) is 6.20 Å². The Bertz CT molecular complexity index is 495. The minimum absolute atomic E-state index is 0.0758. The van der Waals surface area contributed by atoms with E-state index in [9.17, 15) is 0 Å². The molecule has 0 unspecified atom stereocenters. The Labute approximate surface area is 92.3 Å². The monoisotopic (exact) mass is 220 g/mol. The second-order valence-corrected chi connectivity index (χ2v) is 3.41. The van der Waals surface area contributed by atoms with Gasteiger partial charge in [0.15, 0.2) is 0 Å². The molecule has 2 N–H and O–H groups in total. The number of ether oxygens (including phenoxy) is 1. The van der Waals surface area contributed by atoms with Crippen molar-refractivity contribution in [2.75, 3.05) is 0 Å². The Morgan fingerprint density at radius 2 is 2.25 bits per heavy atom. The van der Waals surface area contributed by atoms with Crippen molar-refractivity contribution in [3.63, 3.8) is 0 Å². The molecule has 0 aliphatic rings. The van der Waals surface area contributed by atoms with Gasteiger partial charge in [-0.05, 0) is 13.8 Å². The first-order valence-corrected chi connectivity index (χ1v) is 4.82. The van der Waals surface area contributed by atoms with Crippen molar-refractivity contribution in [1.82, 2.24) is 20.2 Å². The summed E-state index contributed by atoms with van der Waals surface area (Å²) in [6.07, 6.45) is 1.54. The molecule has 0 atom stereocenters. The van der Waals surface area contributed by atoms with Gasteiger partial charge in [-0.3, -0.25) is 5.10 Å². The molecule has 0 aliphatic carbocycles. The second kappa shape index (κ2) is 4.28. The zero-order chi connectivity index (χ0) is 11.5. The highest BCUT2D eigenvalue weighted by Gasteiger charge is 2.06. The maximum atomic E-state index is 8.96. The molecular formula is C10H12N4O2. The molecule has 16 heavy (non-hydrogen) atoms. The third kappa shape index (κ3) is 2.17. The molecule has 2 aromatic heterocycles. The Balaban J connectivity index is 2.19. The van der Waals surface area contributed by atoms with E-state index in [-0.39, 0.29) is 12.6 Å². The number of rotatable bonds is 3. The van der Waals surface area contributed by atoms with Crippen molar-refractivity contribution < 1.29 is 9.84 Å². The van der Waals surface area contributed by atoms with Gasteiger partial charge in [-0.1, -0.05) is 0 Å². The van der Waals surface area contributed by atoms with Crippen molar-refractivity contribution in [3.8, 4) is 11.9 Å². The number of aliphatic hydroxyl groups is 1. The highest BCUT2D eigenvalue weighted by Crippen LogP contribution is 2.16. The Kier molecular flexibility index (Phi) is 2.82. The minimum Gasteiger partial charge on any atom is -0.404 e. The quantitative estimate of drug-likeness (QED) is 0.809. The van der Waals surface area contributed by atoms with E-state index in [1.807, 2.05) is 6.92 Å². The second-order valence-electron chi connectivity index (χ2n) is 3.41. The lowest BCUT2D eigenvalue weighted by atomic mass is 10.3. The first-order chi connectivity index (χ1) is 7.69. The van der Waals surface area contributed by atoms with Crippen molar-refractivity contribution in [2.45, 2.75) is 20.5 Å². The molecule has 2 heterocycles. The van der Waals surface area contributed by atoms with E-state index in [0.29, 0.717) is 17.1 Å². The van der Waals surface area contributed by atoms with Gasteiger partial charge in [0.1, 0.15) is 0 Å². The van der Waals surface area contributed by atoms with Crippen LogP contribution in [0.2, 0.25) is 0 Å². The molecule has 2 rings (SSSR count). The first-order valence-electron chi connectivity index (χ1n) is 4.82. The van der Waals surface area contributed by atoms with Crippen LogP contribution in [0.4, 0.5) is 0 Å². The average molecular weight is 220 g/mol. The van der Waals surface area contributed by atoms with Crippen LogP contribution in [0.1, 0.15) is 17.0 Å². The Morgan fingerprint density at radius 1 is 1.44 bits per heavy atom. The van der Waals surface area contributed by atoms with Crippen molar-refractivity contribution >= 4 is 0 Å². The molecular weight excluding hydrogens is 208 g/mol. The molecule has 0 saturated carbocycles. The maximum absolute atomic E-state index is 8.96. The predicted octanol–water partition coefficient (Wildman–Crippen LogP) is 1.10. The summed E-state index contributed by atoms with van der Waals surface area (Å²) in [5.41, 5.74) is 2.28. The molecule has 84 valence electrons. The number of aliphatic hydroxyl groups excluding tert-OH is 1. The normalized spacial score (nSPS) is 10.4. The Morgan fingerprint density at radius 3 is 2.81 bits per heavy atom. The summed E-state index contributed by atoms with van der Waals surface area (Å²) in [6, 6.07) is 1.97. The minimum atomic E-state index is -0.0758. The number of nitrogens with zero attached hydrogens (tertiary/aromatic N) is 3. The standard InChI is InChI=1S/C10H12N4O2/c1-6-3-9(14-13-6)16-10-11-4-8(5-15)7(2)12-10/h3-4,15H,5H2,1-2H3,(H,13,14). The summed E-state index contributed by atoms with van der Waals surface area (Å²) in [5, 5.41) is 15.6. The lowest BCUT2D eigenvalue weighted by Gasteiger charge is -2.03. The highest BCUT2D eigenvalue weighted by atomic mass is 16.5. The van der Waals surface area contributed by atoms with E-state index in [2.05, 4.69) is 20.2 Å². The molecule has 0 fully saturated rings. The van der Waals surface area contributed by atoms with Crippen LogP contribution in [0.3, 0.4) is 0 Å². The van der Waals surface area contributed by atoms with Crippen LogP contribution < -0.4 is 4.74 Å². The van der Waals surface area contributed by atoms with Gasteiger partial charge in [0, 0.05) is 23.5 Å². The van der Waals surface area contributed by atoms with E-state index in [0.717, 1.165) is 5.69 Å². The lowest BCUT2D eigenvalue weighted by molar-refractivity contribution is 0.279. The number of aromatic nitrogens is 4. The molecule has 0 amide bonds. The summed E-state index contributed by atoms with van der Waals surface area (Å²) in [7, 11) is 0. The zero-order valence-corrected chi connectivity index (χ0v) is 9.06.